The average Bonchev–Trinajstić information content (AvgIpc) is 2.76. The van der Waals surface area contributed by atoms with E-state index in [0.717, 1.165) is 11.8 Å². The molecule has 0 atom stereocenters. The Morgan fingerprint density at radius 3 is 2.66 bits per heavy atom. The van der Waals surface area contributed by atoms with Crippen molar-refractivity contribution in [3.05, 3.63) is 78.8 Å². The molecule has 3 aromatic rings. The molecule has 0 aliphatic carbocycles. The molecule has 0 bridgehead atoms. The van der Waals surface area contributed by atoms with E-state index in [1.54, 1.807) is 37.4 Å². The molecule has 0 saturated heterocycles. The van der Waals surface area contributed by atoms with Gasteiger partial charge in [0, 0.05) is 19.3 Å². The largest absolute Gasteiger partial charge is 0.436 e. The SMILES string of the molecule is C=CC(=O)N(C)Cc1ccc(Oc2nc(Nc3cccc(S(N)(=O)=O)c3)ncc2F)cc1. The molecule has 3 rings (SSSR count). The van der Waals surface area contributed by atoms with Gasteiger partial charge < -0.3 is 15.0 Å². The Morgan fingerprint density at radius 1 is 1.28 bits per heavy atom. The van der Waals surface area contributed by atoms with Crippen LogP contribution in [0.5, 0.6) is 11.6 Å². The fraction of sp³-hybridized carbons (Fsp3) is 0.0952. The summed E-state index contributed by atoms with van der Waals surface area (Å²) < 4.78 is 42.7. The van der Waals surface area contributed by atoms with Gasteiger partial charge in [0.2, 0.25) is 27.7 Å². The standard InChI is InChI=1S/C21H20FN5O4S/c1-3-19(28)27(2)13-14-7-9-16(10-8-14)31-20-18(22)12-24-21(26-20)25-15-5-4-6-17(11-15)32(23,29)30/h3-12H,1,13H2,2H3,(H2,23,29,30)(H,24,25,26). The quantitative estimate of drug-likeness (QED) is 0.498. The van der Waals surface area contributed by atoms with E-state index in [0.29, 0.717) is 18.0 Å². The molecular weight excluding hydrogens is 437 g/mol. The van der Waals surface area contributed by atoms with E-state index < -0.39 is 15.8 Å². The van der Waals surface area contributed by atoms with Crippen molar-refractivity contribution in [2.45, 2.75) is 11.4 Å². The molecule has 0 aliphatic heterocycles. The van der Waals surface area contributed by atoms with Crippen LogP contribution < -0.4 is 15.2 Å². The number of hydrogen-bond donors (Lipinski definition) is 2. The van der Waals surface area contributed by atoms with Gasteiger partial charge in [0.25, 0.3) is 5.88 Å². The van der Waals surface area contributed by atoms with Crippen LogP contribution >= 0.6 is 0 Å². The first-order valence-electron chi connectivity index (χ1n) is 9.22. The Kier molecular flexibility index (Phi) is 6.81. The molecule has 0 fully saturated rings. The number of benzene rings is 2. The second-order valence-corrected chi connectivity index (χ2v) is 8.25. The third-order valence-corrected chi connectivity index (χ3v) is 5.15. The second-order valence-electron chi connectivity index (χ2n) is 6.69. The van der Waals surface area contributed by atoms with E-state index in [9.17, 15) is 17.6 Å². The minimum absolute atomic E-state index is 0.00541. The van der Waals surface area contributed by atoms with Crippen LogP contribution in [0.25, 0.3) is 0 Å². The second kappa shape index (κ2) is 9.54. The van der Waals surface area contributed by atoms with Crippen molar-refractivity contribution in [1.82, 2.24) is 14.9 Å². The number of rotatable bonds is 8. The summed E-state index contributed by atoms with van der Waals surface area (Å²) in [4.78, 5) is 20.8. The van der Waals surface area contributed by atoms with Crippen molar-refractivity contribution in [2.75, 3.05) is 12.4 Å². The maximum atomic E-state index is 14.2. The summed E-state index contributed by atoms with van der Waals surface area (Å²) in [6, 6.07) is 12.4. The van der Waals surface area contributed by atoms with Crippen molar-refractivity contribution in [3.63, 3.8) is 0 Å². The number of likely N-dealkylation sites (N-methyl/N-ethyl adjacent to an activating group) is 1. The number of nitrogens with one attached hydrogen (secondary N) is 1. The minimum Gasteiger partial charge on any atom is -0.436 e. The zero-order chi connectivity index (χ0) is 23.3. The predicted octanol–water partition coefficient (Wildman–Crippen LogP) is 2.94. The molecule has 166 valence electrons. The Balaban J connectivity index is 1.74. The van der Waals surface area contributed by atoms with E-state index in [2.05, 4.69) is 21.9 Å². The van der Waals surface area contributed by atoms with Gasteiger partial charge in [0.05, 0.1) is 11.1 Å². The number of nitrogens with zero attached hydrogens (tertiary/aromatic N) is 3. The highest BCUT2D eigenvalue weighted by Crippen LogP contribution is 2.25. The molecule has 1 aromatic heterocycles. The molecule has 0 spiro atoms. The molecule has 0 radical (unpaired) electrons. The number of ether oxygens (including phenoxy) is 1. The third-order valence-electron chi connectivity index (χ3n) is 4.24. The van der Waals surface area contributed by atoms with Crippen molar-refractivity contribution in [1.29, 1.82) is 0 Å². The smallest absolute Gasteiger partial charge is 0.260 e. The first-order valence-corrected chi connectivity index (χ1v) is 10.8. The Morgan fingerprint density at radius 2 is 2.00 bits per heavy atom. The lowest BCUT2D eigenvalue weighted by molar-refractivity contribution is -0.125. The number of carbonyl (C=O) groups excluding carboxylic acids is 1. The highest BCUT2D eigenvalue weighted by atomic mass is 32.2. The molecule has 0 saturated carbocycles. The summed E-state index contributed by atoms with van der Waals surface area (Å²) in [5.41, 5.74) is 1.19. The number of nitrogens with two attached hydrogens (primary N) is 1. The molecule has 9 nitrogen and oxygen atoms in total. The summed E-state index contributed by atoms with van der Waals surface area (Å²) in [5, 5.41) is 7.91. The Labute approximate surface area is 184 Å². The molecule has 0 aliphatic rings. The first kappa shape index (κ1) is 22.8. The van der Waals surface area contributed by atoms with Crippen LogP contribution in [0.4, 0.5) is 16.0 Å². The molecule has 2 aromatic carbocycles. The first-order chi connectivity index (χ1) is 15.2. The summed E-state index contributed by atoms with van der Waals surface area (Å²) in [7, 11) is -2.23. The molecule has 1 amide bonds. The summed E-state index contributed by atoms with van der Waals surface area (Å²) in [6.45, 7) is 3.82. The van der Waals surface area contributed by atoms with E-state index in [1.807, 2.05) is 0 Å². The summed E-state index contributed by atoms with van der Waals surface area (Å²) >= 11 is 0. The zero-order valence-electron chi connectivity index (χ0n) is 17.0. The summed E-state index contributed by atoms with van der Waals surface area (Å²) in [5.74, 6) is -0.991. The lowest BCUT2D eigenvalue weighted by Crippen LogP contribution is -2.23. The van der Waals surface area contributed by atoms with Crippen molar-refractivity contribution < 1.29 is 22.3 Å². The van der Waals surface area contributed by atoms with Crippen LogP contribution in [0.3, 0.4) is 0 Å². The number of sulfonamides is 1. The van der Waals surface area contributed by atoms with Crippen LogP contribution in [0.2, 0.25) is 0 Å². The number of carbonyl (C=O) groups is 1. The van der Waals surface area contributed by atoms with Crippen LogP contribution in [-0.4, -0.2) is 36.2 Å². The van der Waals surface area contributed by atoms with Crippen molar-refractivity contribution in [2.24, 2.45) is 5.14 Å². The number of aromatic nitrogens is 2. The molecule has 11 heteroatoms. The maximum Gasteiger partial charge on any atom is 0.260 e. The van der Waals surface area contributed by atoms with Crippen molar-refractivity contribution >= 4 is 27.6 Å². The summed E-state index contributed by atoms with van der Waals surface area (Å²) in [6.07, 6.45) is 2.16. The predicted molar refractivity (Wildman–Crippen MR) is 116 cm³/mol. The monoisotopic (exact) mass is 457 g/mol. The van der Waals surface area contributed by atoms with Gasteiger partial charge in [-0.15, -0.1) is 0 Å². The van der Waals surface area contributed by atoms with Crippen LogP contribution in [0, 0.1) is 5.82 Å². The Bertz CT molecular complexity index is 1250. The molecule has 32 heavy (non-hydrogen) atoms. The zero-order valence-corrected chi connectivity index (χ0v) is 17.8. The van der Waals surface area contributed by atoms with Crippen LogP contribution in [-0.2, 0) is 21.4 Å². The average molecular weight is 457 g/mol. The van der Waals surface area contributed by atoms with E-state index in [1.165, 1.54) is 29.2 Å². The normalized spacial score (nSPS) is 11.0. The van der Waals surface area contributed by atoms with Gasteiger partial charge in [-0.2, -0.15) is 9.37 Å². The highest BCUT2D eigenvalue weighted by molar-refractivity contribution is 7.89. The van der Waals surface area contributed by atoms with E-state index in [4.69, 9.17) is 9.88 Å². The maximum absolute atomic E-state index is 14.2. The van der Waals surface area contributed by atoms with Crippen LogP contribution in [0.1, 0.15) is 5.56 Å². The topological polar surface area (TPSA) is 128 Å². The molecule has 0 unspecified atom stereocenters. The number of hydrogen-bond acceptors (Lipinski definition) is 7. The molecule has 1 heterocycles. The third kappa shape index (κ3) is 5.86. The molecule has 3 N–H and O–H groups in total. The van der Waals surface area contributed by atoms with Gasteiger partial charge in [-0.1, -0.05) is 24.8 Å². The van der Waals surface area contributed by atoms with Crippen molar-refractivity contribution in [3.8, 4) is 11.6 Å². The van der Waals surface area contributed by atoms with Crippen LogP contribution in [0.15, 0.2) is 72.3 Å². The molecular formula is C21H20FN5O4S. The van der Waals surface area contributed by atoms with Gasteiger partial charge in [-0.05, 0) is 42.0 Å². The van der Waals surface area contributed by atoms with Gasteiger partial charge in [0.1, 0.15) is 5.75 Å². The Hall–Kier alpha value is -3.83. The van der Waals surface area contributed by atoms with Gasteiger partial charge in [0.15, 0.2) is 0 Å². The van der Waals surface area contributed by atoms with Gasteiger partial charge in [-0.25, -0.2) is 18.5 Å². The van der Waals surface area contributed by atoms with Gasteiger partial charge in [-0.3, -0.25) is 4.79 Å². The number of anilines is 2. The fourth-order valence-corrected chi connectivity index (χ4v) is 3.20. The van der Waals surface area contributed by atoms with E-state index in [-0.39, 0.29) is 22.6 Å². The highest BCUT2D eigenvalue weighted by Gasteiger charge is 2.12. The number of amides is 1. The lowest BCUT2D eigenvalue weighted by Gasteiger charge is -2.15. The fourth-order valence-electron chi connectivity index (χ4n) is 2.65. The lowest BCUT2D eigenvalue weighted by atomic mass is 10.2. The number of primary sulfonamides is 1. The van der Waals surface area contributed by atoms with E-state index >= 15 is 0 Å². The van der Waals surface area contributed by atoms with Gasteiger partial charge >= 0.3 is 0 Å². The number of halogens is 1. The minimum atomic E-state index is -3.88.